The maximum Gasteiger partial charge on any atom is 0.358 e. The van der Waals surface area contributed by atoms with Crippen molar-refractivity contribution in [1.82, 2.24) is 19.9 Å². The highest BCUT2D eigenvalue weighted by molar-refractivity contribution is 5.84. The van der Waals surface area contributed by atoms with Gasteiger partial charge in [-0.3, -0.25) is 4.90 Å². The normalized spacial score (nSPS) is 17.7. The van der Waals surface area contributed by atoms with Crippen molar-refractivity contribution >= 4 is 5.97 Å². The average Bonchev–Trinajstić information content (AvgIpc) is 2.58. The van der Waals surface area contributed by atoms with Gasteiger partial charge in [-0.2, -0.15) is 0 Å². The molecule has 0 aliphatic carbocycles. The molecule has 0 atom stereocenters. The van der Waals surface area contributed by atoms with Crippen LogP contribution in [0.1, 0.15) is 30.4 Å². The van der Waals surface area contributed by atoms with E-state index in [1.54, 1.807) is 4.68 Å². The van der Waals surface area contributed by atoms with E-state index in [4.69, 9.17) is 5.11 Å². The topological polar surface area (TPSA) is 71.2 Å². The molecule has 0 aromatic carbocycles. The number of carboxylic acids is 1. The minimum atomic E-state index is -1.02. The van der Waals surface area contributed by atoms with Gasteiger partial charge in [-0.05, 0) is 5.92 Å². The maximum atomic E-state index is 10.6. The summed E-state index contributed by atoms with van der Waals surface area (Å²) in [5.74, 6) is -0.365. The Morgan fingerprint density at radius 2 is 2.31 bits per heavy atom. The highest BCUT2D eigenvalue weighted by atomic mass is 16.4. The Hall–Kier alpha value is -1.43. The third-order valence-electron chi connectivity index (χ3n) is 2.66. The Labute approximate surface area is 93.9 Å². The Balaban J connectivity index is 1.89. The van der Waals surface area contributed by atoms with Gasteiger partial charge in [0.1, 0.15) is 0 Å². The van der Waals surface area contributed by atoms with Crippen LogP contribution in [0.3, 0.4) is 0 Å². The van der Waals surface area contributed by atoms with Gasteiger partial charge in [-0.15, -0.1) is 5.10 Å². The summed E-state index contributed by atoms with van der Waals surface area (Å²) in [6.45, 7) is 7.31. The molecule has 1 saturated heterocycles. The van der Waals surface area contributed by atoms with Crippen LogP contribution in [-0.4, -0.2) is 50.6 Å². The summed E-state index contributed by atoms with van der Waals surface area (Å²) in [5.41, 5.74) is 0.0160. The standard InChI is InChI=1S/C10H16N4O2/c1-7(2)3-13-4-8(5-13)14-6-9(10(15)16)11-12-14/h6-8H,3-5H2,1-2H3,(H,15,16). The van der Waals surface area contributed by atoms with E-state index in [9.17, 15) is 4.79 Å². The van der Waals surface area contributed by atoms with E-state index in [1.807, 2.05) is 0 Å². The molecule has 88 valence electrons. The zero-order valence-electron chi connectivity index (χ0n) is 9.50. The minimum Gasteiger partial charge on any atom is -0.476 e. The average molecular weight is 224 g/mol. The molecule has 1 aromatic heterocycles. The van der Waals surface area contributed by atoms with Crippen molar-refractivity contribution in [3.8, 4) is 0 Å². The number of carbonyl (C=O) groups is 1. The number of likely N-dealkylation sites (tertiary alicyclic amines) is 1. The molecule has 2 rings (SSSR count). The van der Waals surface area contributed by atoms with Crippen molar-refractivity contribution in [3.05, 3.63) is 11.9 Å². The number of aromatic nitrogens is 3. The van der Waals surface area contributed by atoms with Crippen LogP contribution in [0, 0.1) is 5.92 Å². The molecule has 2 heterocycles. The quantitative estimate of drug-likeness (QED) is 0.805. The zero-order valence-corrected chi connectivity index (χ0v) is 9.50. The first kappa shape index (κ1) is 11.1. The van der Waals surface area contributed by atoms with E-state index in [-0.39, 0.29) is 11.7 Å². The number of nitrogens with zero attached hydrogens (tertiary/aromatic N) is 4. The highest BCUT2D eigenvalue weighted by Crippen LogP contribution is 2.21. The summed E-state index contributed by atoms with van der Waals surface area (Å²) < 4.78 is 1.65. The van der Waals surface area contributed by atoms with Gasteiger partial charge in [0.15, 0.2) is 5.69 Å². The van der Waals surface area contributed by atoms with Crippen LogP contribution in [0.4, 0.5) is 0 Å². The lowest BCUT2D eigenvalue weighted by molar-refractivity contribution is 0.0689. The molecule has 0 unspecified atom stereocenters. The molecule has 1 aliphatic rings. The van der Waals surface area contributed by atoms with Gasteiger partial charge in [-0.1, -0.05) is 19.1 Å². The van der Waals surface area contributed by atoms with Crippen LogP contribution >= 0.6 is 0 Å². The molecule has 0 spiro atoms. The van der Waals surface area contributed by atoms with Crippen LogP contribution in [-0.2, 0) is 0 Å². The van der Waals surface area contributed by atoms with Gasteiger partial charge < -0.3 is 5.11 Å². The Kier molecular flexibility index (Phi) is 2.91. The fourth-order valence-electron chi connectivity index (χ4n) is 1.93. The van der Waals surface area contributed by atoms with Crippen LogP contribution < -0.4 is 0 Å². The molecule has 0 saturated carbocycles. The van der Waals surface area contributed by atoms with E-state index >= 15 is 0 Å². The summed E-state index contributed by atoms with van der Waals surface area (Å²) in [4.78, 5) is 13.0. The molecular formula is C10H16N4O2. The summed E-state index contributed by atoms with van der Waals surface area (Å²) in [5, 5.41) is 16.1. The second kappa shape index (κ2) is 4.21. The summed E-state index contributed by atoms with van der Waals surface area (Å²) in [7, 11) is 0. The predicted molar refractivity (Wildman–Crippen MR) is 57.3 cm³/mol. The molecular weight excluding hydrogens is 208 g/mol. The van der Waals surface area contributed by atoms with E-state index in [0.717, 1.165) is 19.6 Å². The second-order valence-corrected chi connectivity index (χ2v) is 4.66. The van der Waals surface area contributed by atoms with E-state index in [0.29, 0.717) is 5.92 Å². The number of carboxylic acid groups (broad SMARTS) is 1. The summed E-state index contributed by atoms with van der Waals surface area (Å²) in [6, 6.07) is 0.277. The van der Waals surface area contributed by atoms with Gasteiger partial charge in [0.2, 0.25) is 0 Å². The third-order valence-corrected chi connectivity index (χ3v) is 2.66. The third kappa shape index (κ3) is 2.21. The zero-order chi connectivity index (χ0) is 11.7. The van der Waals surface area contributed by atoms with Crippen molar-refractivity contribution in [3.63, 3.8) is 0 Å². The number of aromatic carboxylic acids is 1. The fraction of sp³-hybridized carbons (Fsp3) is 0.700. The molecule has 1 N–H and O–H groups in total. The summed E-state index contributed by atoms with van der Waals surface area (Å²) >= 11 is 0. The first-order valence-electron chi connectivity index (χ1n) is 5.43. The van der Waals surface area contributed by atoms with Gasteiger partial charge in [0.25, 0.3) is 0 Å². The number of rotatable bonds is 4. The SMILES string of the molecule is CC(C)CN1CC(n2cc(C(=O)O)nn2)C1. The molecule has 1 fully saturated rings. The van der Waals surface area contributed by atoms with Crippen molar-refractivity contribution in [1.29, 1.82) is 0 Å². The molecule has 1 aliphatic heterocycles. The summed E-state index contributed by atoms with van der Waals surface area (Å²) in [6.07, 6.45) is 1.50. The van der Waals surface area contributed by atoms with Gasteiger partial charge >= 0.3 is 5.97 Å². The van der Waals surface area contributed by atoms with Gasteiger partial charge in [0, 0.05) is 19.6 Å². The first-order chi connectivity index (χ1) is 7.56. The van der Waals surface area contributed by atoms with Crippen LogP contribution in [0.15, 0.2) is 6.20 Å². The number of hydrogen-bond acceptors (Lipinski definition) is 4. The van der Waals surface area contributed by atoms with Crippen molar-refractivity contribution in [2.24, 2.45) is 5.92 Å². The van der Waals surface area contributed by atoms with Crippen molar-refractivity contribution in [2.75, 3.05) is 19.6 Å². The molecule has 6 heteroatoms. The smallest absolute Gasteiger partial charge is 0.358 e. The number of hydrogen-bond donors (Lipinski definition) is 1. The molecule has 16 heavy (non-hydrogen) atoms. The van der Waals surface area contributed by atoms with Crippen molar-refractivity contribution < 1.29 is 9.90 Å². The van der Waals surface area contributed by atoms with Crippen molar-refractivity contribution in [2.45, 2.75) is 19.9 Å². The van der Waals surface area contributed by atoms with E-state index < -0.39 is 5.97 Å². The first-order valence-corrected chi connectivity index (χ1v) is 5.43. The molecule has 0 radical (unpaired) electrons. The molecule has 1 aromatic rings. The largest absolute Gasteiger partial charge is 0.476 e. The second-order valence-electron chi connectivity index (χ2n) is 4.66. The van der Waals surface area contributed by atoms with Crippen LogP contribution in [0.25, 0.3) is 0 Å². The monoisotopic (exact) mass is 224 g/mol. The Morgan fingerprint density at radius 3 is 2.81 bits per heavy atom. The minimum absolute atomic E-state index is 0.0160. The lowest BCUT2D eigenvalue weighted by Crippen LogP contribution is -2.49. The lowest BCUT2D eigenvalue weighted by Gasteiger charge is -2.39. The molecule has 0 amide bonds. The van der Waals surface area contributed by atoms with Gasteiger partial charge in [0.05, 0.1) is 12.2 Å². The van der Waals surface area contributed by atoms with E-state index in [2.05, 4.69) is 29.1 Å². The maximum absolute atomic E-state index is 10.6. The molecule has 6 nitrogen and oxygen atoms in total. The van der Waals surface area contributed by atoms with Crippen LogP contribution in [0.5, 0.6) is 0 Å². The Morgan fingerprint density at radius 1 is 1.62 bits per heavy atom. The lowest BCUT2D eigenvalue weighted by atomic mass is 10.1. The van der Waals surface area contributed by atoms with Crippen LogP contribution in [0.2, 0.25) is 0 Å². The highest BCUT2D eigenvalue weighted by Gasteiger charge is 2.29. The van der Waals surface area contributed by atoms with E-state index in [1.165, 1.54) is 6.20 Å². The predicted octanol–water partition coefficient (Wildman–Crippen LogP) is 0.489. The molecule has 0 bridgehead atoms. The Bertz CT molecular complexity index is 382. The fourth-order valence-corrected chi connectivity index (χ4v) is 1.93. The van der Waals surface area contributed by atoms with Gasteiger partial charge in [-0.25, -0.2) is 9.48 Å².